The molecule has 26 heavy (non-hydrogen) atoms. The molecule has 0 aliphatic carbocycles. The van der Waals surface area contributed by atoms with E-state index in [1.165, 1.54) is 17.0 Å². The Balaban J connectivity index is 1.89. The maximum Gasteiger partial charge on any atom is 0.326 e. The molecule has 3 rings (SSSR count). The van der Waals surface area contributed by atoms with Crippen molar-refractivity contribution >= 4 is 33.3 Å². The van der Waals surface area contributed by atoms with E-state index in [2.05, 4.69) is 0 Å². The smallest absolute Gasteiger partial charge is 0.326 e. The van der Waals surface area contributed by atoms with Gasteiger partial charge >= 0.3 is 5.97 Å². The number of carbonyl (C=O) groups is 2. The average molecular weight is 401 g/mol. The maximum absolute atomic E-state index is 13.0. The molecule has 1 N–H and O–H groups in total. The van der Waals surface area contributed by atoms with Crippen molar-refractivity contribution in [2.75, 3.05) is 20.1 Å². The molecule has 1 amide bonds. The van der Waals surface area contributed by atoms with Crippen LogP contribution in [0, 0.1) is 0 Å². The van der Waals surface area contributed by atoms with Gasteiger partial charge in [0.25, 0.3) is 0 Å². The number of carbonyl (C=O) groups excluding carboxylic acids is 1. The number of benzene rings is 1. The lowest BCUT2D eigenvalue weighted by Gasteiger charge is -2.27. The molecule has 1 aromatic rings. The first kappa shape index (κ1) is 19.1. The second-order valence-electron chi connectivity index (χ2n) is 6.82. The van der Waals surface area contributed by atoms with E-state index in [4.69, 9.17) is 11.6 Å². The van der Waals surface area contributed by atoms with Crippen molar-refractivity contribution in [1.82, 2.24) is 9.80 Å². The molecule has 2 aliphatic heterocycles. The van der Waals surface area contributed by atoms with E-state index in [-0.39, 0.29) is 28.8 Å². The second-order valence-corrected chi connectivity index (χ2v) is 9.42. The lowest BCUT2D eigenvalue weighted by Crippen LogP contribution is -2.49. The number of hydrogen-bond acceptors (Lipinski definition) is 5. The predicted molar refractivity (Wildman–Crippen MR) is 95.8 cm³/mol. The lowest BCUT2D eigenvalue weighted by molar-refractivity contribution is -0.149. The van der Waals surface area contributed by atoms with Crippen LogP contribution in [0.2, 0.25) is 5.02 Å². The van der Waals surface area contributed by atoms with Crippen LogP contribution in [0.25, 0.3) is 0 Å². The number of amides is 1. The minimum absolute atomic E-state index is 0.0249. The summed E-state index contributed by atoms with van der Waals surface area (Å²) in [6.07, 6.45) is 1.38. The van der Waals surface area contributed by atoms with Crippen LogP contribution in [-0.2, 0) is 19.4 Å². The van der Waals surface area contributed by atoms with E-state index in [0.29, 0.717) is 6.42 Å². The summed E-state index contributed by atoms with van der Waals surface area (Å²) < 4.78 is 25.9. The Kier molecular flexibility index (Phi) is 5.28. The van der Waals surface area contributed by atoms with Gasteiger partial charge in [0.05, 0.1) is 21.2 Å². The fourth-order valence-corrected chi connectivity index (χ4v) is 5.99. The first-order valence-electron chi connectivity index (χ1n) is 8.45. The van der Waals surface area contributed by atoms with Crippen molar-refractivity contribution in [1.29, 1.82) is 0 Å². The summed E-state index contributed by atoms with van der Waals surface area (Å²) in [5.74, 6) is -1.50. The van der Waals surface area contributed by atoms with Gasteiger partial charge in [-0.1, -0.05) is 23.7 Å². The number of carboxylic acid groups (broad SMARTS) is 1. The van der Waals surface area contributed by atoms with Crippen LogP contribution >= 0.6 is 11.6 Å². The van der Waals surface area contributed by atoms with Gasteiger partial charge in [-0.3, -0.25) is 9.69 Å². The Morgan fingerprint density at radius 3 is 2.50 bits per heavy atom. The number of sulfone groups is 1. The van der Waals surface area contributed by atoms with Gasteiger partial charge in [0.15, 0.2) is 9.84 Å². The van der Waals surface area contributed by atoms with Crippen molar-refractivity contribution in [3.05, 3.63) is 29.3 Å². The Morgan fingerprint density at radius 1 is 1.23 bits per heavy atom. The van der Waals surface area contributed by atoms with Crippen LogP contribution in [0.4, 0.5) is 0 Å². The zero-order valence-corrected chi connectivity index (χ0v) is 15.9. The Morgan fingerprint density at radius 2 is 1.92 bits per heavy atom. The highest BCUT2D eigenvalue weighted by molar-refractivity contribution is 7.92. The Hall–Kier alpha value is -1.64. The molecule has 3 unspecified atom stereocenters. The first-order chi connectivity index (χ1) is 12.2. The normalized spacial score (nSPS) is 27.0. The van der Waals surface area contributed by atoms with E-state index in [1.807, 2.05) is 11.9 Å². The van der Waals surface area contributed by atoms with Crippen LogP contribution in [0.15, 0.2) is 29.2 Å². The third-order valence-corrected chi connectivity index (χ3v) is 7.85. The molecule has 2 heterocycles. The minimum Gasteiger partial charge on any atom is -0.480 e. The van der Waals surface area contributed by atoms with Crippen molar-refractivity contribution in [3.8, 4) is 0 Å². The van der Waals surface area contributed by atoms with Gasteiger partial charge in [0.2, 0.25) is 5.91 Å². The van der Waals surface area contributed by atoms with Crippen LogP contribution in [0.5, 0.6) is 0 Å². The topological polar surface area (TPSA) is 95.0 Å². The Labute approximate surface area is 157 Å². The summed E-state index contributed by atoms with van der Waals surface area (Å²) in [7, 11) is -2.02. The second kappa shape index (κ2) is 7.17. The summed E-state index contributed by atoms with van der Waals surface area (Å²) in [5.41, 5.74) is 0. The van der Waals surface area contributed by atoms with Crippen molar-refractivity contribution in [3.63, 3.8) is 0 Å². The summed E-state index contributed by atoms with van der Waals surface area (Å²) in [4.78, 5) is 27.6. The van der Waals surface area contributed by atoms with Gasteiger partial charge in [-0.2, -0.15) is 0 Å². The summed E-state index contributed by atoms with van der Waals surface area (Å²) in [5, 5.41) is 8.63. The molecule has 0 spiro atoms. The molecule has 7 nitrogen and oxygen atoms in total. The van der Waals surface area contributed by atoms with Crippen LogP contribution in [-0.4, -0.2) is 72.7 Å². The summed E-state index contributed by atoms with van der Waals surface area (Å²) >= 11 is 6.03. The van der Waals surface area contributed by atoms with E-state index in [9.17, 15) is 23.1 Å². The molecule has 2 aliphatic rings. The third-order valence-electron chi connectivity index (χ3n) is 5.22. The molecule has 0 saturated carbocycles. The van der Waals surface area contributed by atoms with Crippen molar-refractivity contribution < 1.29 is 23.1 Å². The number of halogens is 1. The predicted octanol–water partition coefficient (Wildman–Crippen LogP) is 1.26. The molecular formula is C17H21ClN2O5S. The molecule has 2 saturated heterocycles. The molecule has 1 aromatic carbocycles. The lowest BCUT2D eigenvalue weighted by atomic mass is 10.1. The van der Waals surface area contributed by atoms with Crippen molar-refractivity contribution in [2.45, 2.75) is 41.5 Å². The van der Waals surface area contributed by atoms with E-state index in [0.717, 1.165) is 13.0 Å². The monoisotopic (exact) mass is 400 g/mol. The summed E-state index contributed by atoms with van der Waals surface area (Å²) in [6.45, 7) is 0.636. The number of rotatable bonds is 4. The zero-order chi connectivity index (χ0) is 19.1. The number of likely N-dealkylation sites (tertiary alicyclic amines) is 2. The fourth-order valence-electron chi connectivity index (χ4n) is 3.77. The molecule has 9 heteroatoms. The molecule has 142 valence electrons. The number of carboxylic acids is 1. The largest absolute Gasteiger partial charge is 0.480 e. The third kappa shape index (κ3) is 3.33. The standard InChI is InChI=1S/C17H21ClN2O5S/c1-19-8-4-6-13(19)16(21)20-10-11(9-14(20)17(22)23)26(24,25)15-7-3-2-5-12(15)18/h2-3,5,7,11,13-14H,4,6,8-10H2,1H3,(H,22,23). The zero-order valence-electron chi connectivity index (χ0n) is 14.3. The minimum atomic E-state index is -3.84. The number of likely N-dealkylation sites (N-methyl/N-ethyl adjacent to an activating group) is 1. The molecular weight excluding hydrogens is 380 g/mol. The van der Waals surface area contributed by atoms with Crippen LogP contribution in [0.1, 0.15) is 19.3 Å². The van der Waals surface area contributed by atoms with E-state index >= 15 is 0 Å². The van der Waals surface area contributed by atoms with Crippen LogP contribution in [0.3, 0.4) is 0 Å². The van der Waals surface area contributed by atoms with Crippen LogP contribution < -0.4 is 0 Å². The van der Waals surface area contributed by atoms with Crippen molar-refractivity contribution in [2.24, 2.45) is 0 Å². The van der Waals surface area contributed by atoms with Gasteiger partial charge in [0.1, 0.15) is 6.04 Å². The Bertz CT molecular complexity index is 828. The van der Waals surface area contributed by atoms with Gasteiger partial charge < -0.3 is 10.0 Å². The molecule has 0 radical (unpaired) electrons. The highest BCUT2D eigenvalue weighted by Gasteiger charge is 2.47. The van der Waals surface area contributed by atoms with E-state index < -0.39 is 33.1 Å². The fraction of sp³-hybridized carbons (Fsp3) is 0.529. The highest BCUT2D eigenvalue weighted by atomic mass is 35.5. The first-order valence-corrected chi connectivity index (χ1v) is 10.4. The van der Waals surface area contributed by atoms with Gasteiger partial charge in [-0.25, -0.2) is 13.2 Å². The van der Waals surface area contributed by atoms with Gasteiger partial charge in [-0.15, -0.1) is 0 Å². The molecule has 0 bridgehead atoms. The van der Waals surface area contributed by atoms with Gasteiger partial charge in [-0.05, 0) is 45.0 Å². The maximum atomic E-state index is 13.0. The highest BCUT2D eigenvalue weighted by Crippen LogP contribution is 2.33. The molecule has 0 aromatic heterocycles. The van der Waals surface area contributed by atoms with Gasteiger partial charge in [0, 0.05) is 6.54 Å². The molecule has 3 atom stereocenters. The quantitative estimate of drug-likeness (QED) is 0.817. The molecule has 2 fully saturated rings. The average Bonchev–Trinajstić information content (AvgIpc) is 3.21. The number of nitrogens with zero attached hydrogens (tertiary/aromatic N) is 2. The summed E-state index contributed by atoms with van der Waals surface area (Å²) in [6, 6.07) is 4.55. The SMILES string of the molecule is CN1CCCC1C(=O)N1CC(S(=O)(=O)c2ccccc2Cl)CC1C(=O)O. The number of aliphatic carboxylic acids is 1. The number of hydrogen-bond donors (Lipinski definition) is 1. The van der Waals surface area contributed by atoms with E-state index in [1.54, 1.807) is 12.1 Å².